The Labute approximate surface area is 228 Å². The van der Waals surface area contributed by atoms with Gasteiger partial charge in [0.1, 0.15) is 11.2 Å². The van der Waals surface area contributed by atoms with Crippen LogP contribution in [0.5, 0.6) is 5.88 Å². The maximum absolute atomic E-state index is 13.1. The van der Waals surface area contributed by atoms with Crippen LogP contribution in [0.1, 0.15) is 31.9 Å². The molecule has 0 bridgehead atoms. The van der Waals surface area contributed by atoms with Gasteiger partial charge in [-0.15, -0.1) is 5.10 Å². The van der Waals surface area contributed by atoms with Gasteiger partial charge in [-0.1, -0.05) is 18.2 Å². The van der Waals surface area contributed by atoms with Crippen molar-refractivity contribution in [1.82, 2.24) is 34.5 Å². The molecule has 1 aliphatic heterocycles. The highest BCUT2D eigenvalue weighted by Gasteiger charge is 2.43. The monoisotopic (exact) mass is 531 g/mol. The van der Waals surface area contributed by atoms with Crippen LogP contribution in [0.4, 0.5) is 11.6 Å². The van der Waals surface area contributed by atoms with Gasteiger partial charge >= 0.3 is 0 Å². The van der Waals surface area contributed by atoms with Gasteiger partial charge in [-0.05, 0) is 40.3 Å². The summed E-state index contributed by atoms with van der Waals surface area (Å²) >= 11 is 0. The molecule has 1 aliphatic rings. The van der Waals surface area contributed by atoms with Crippen molar-refractivity contribution in [2.24, 2.45) is 12.8 Å². The van der Waals surface area contributed by atoms with Crippen molar-refractivity contribution in [3.05, 3.63) is 47.9 Å². The minimum Gasteiger partial charge on any atom is -0.475 e. The van der Waals surface area contributed by atoms with Crippen molar-refractivity contribution in [3.8, 4) is 17.1 Å². The average molecular weight is 532 g/mol. The molecule has 1 aromatic carbocycles. The Morgan fingerprint density at radius 2 is 2.10 bits per heavy atom. The number of carbonyl (C=O) groups excluding carboxylic acids is 1. The number of anilines is 2. The van der Waals surface area contributed by atoms with Crippen LogP contribution >= 0.6 is 0 Å². The number of piperazine rings is 1. The number of nitrogens with one attached hydrogen (secondary N) is 2. The molecule has 4 heterocycles. The van der Waals surface area contributed by atoms with Gasteiger partial charge in [0.2, 0.25) is 11.9 Å². The Kier molecular flexibility index (Phi) is 7.04. The molecule has 1 saturated heterocycles. The second-order valence-corrected chi connectivity index (χ2v) is 10.4. The van der Waals surface area contributed by atoms with E-state index >= 15 is 0 Å². The van der Waals surface area contributed by atoms with Crippen LogP contribution in [-0.2, 0) is 17.4 Å². The number of primary amides is 1. The lowest BCUT2D eigenvalue weighted by Gasteiger charge is -2.46. The molecule has 1 amide bonds. The Bertz CT molecular complexity index is 1510. The molecule has 4 N–H and O–H groups in total. The summed E-state index contributed by atoms with van der Waals surface area (Å²) in [4.78, 5) is 30.4. The molecule has 11 nitrogen and oxygen atoms in total. The third kappa shape index (κ3) is 4.72. The molecule has 4 aromatic rings. The highest BCUT2D eigenvalue weighted by atomic mass is 16.5. The van der Waals surface area contributed by atoms with Gasteiger partial charge in [0.25, 0.3) is 5.88 Å². The Morgan fingerprint density at radius 3 is 2.82 bits per heavy atom. The number of hydrogen-bond donors (Lipinski definition) is 3. The zero-order chi connectivity index (χ0) is 27.9. The number of hydrogen-bond acceptors (Lipinski definition) is 8. The maximum atomic E-state index is 13.1. The maximum Gasteiger partial charge on any atom is 0.256 e. The van der Waals surface area contributed by atoms with Gasteiger partial charge in [-0.25, -0.2) is 9.97 Å². The summed E-state index contributed by atoms with van der Waals surface area (Å²) in [6.07, 6.45) is 5.57. The number of nitrogens with zero attached hydrogens (tertiary/aromatic N) is 6. The van der Waals surface area contributed by atoms with E-state index in [1.165, 1.54) is 0 Å². The fourth-order valence-electron chi connectivity index (χ4n) is 5.36. The first-order valence-electron chi connectivity index (χ1n) is 13.3. The van der Waals surface area contributed by atoms with Crippen LogP contribution < -0.4 is 15.8 Å². The molecular formula is C28H37N9O2. The number of rotatable bonds is 8. The second-order valence-electron chi connectivity index (χ2n) is 10.4. The fraction of sp³-hybridized carbons (Fsp3) is 0.429. The fourth-order valence-corrected chi connectivity index (χ4v) is 5.36. The van der Waals surface area contributed by atoms with E-state index in [2.05, 4.69) is 44.2 Å². The van der Waals surface area contributed by atoms with Crippen LogP contribution in [0.25, 0.3) is 22.2 Å². The van der Waals surface area contributed by atoms with Crippen LogP contribution in [-0.4, -0.2) is 79.8 Å². The number of H-pyrrole nitrogens is 1. The molecule has 0 spiro atoms. The molecule has 39 heavy (non-hydrogen) atoms. The molecule has 206 valence electrons. The highest BCUT2D eigenvalue weighted by molar-refractivity contribution is 6.00. The topological polar surface area (TPSA) is 130 Å². The third-order valence-electron chi connectivity index (χ3n) is 7.86. The zero-order valence-electron chi connectivity index (χ0n) is 23.4. The highest BCUT2D eigenvalue weighted by Crippen LogP contribution is 2.38. The number of nitrogens with two attached hydrogens (primary N) is 1. The van der Waals surface area contributed by atoms with Crippen LogP contribution in [0, 0.1) is 6.92 Å². The van der Waals surface area contributed by atoms with Crippen molar-refractivity contribution < 1.29 is 9.53 Å². The van der Waals surface area contributed by atoms with E-state index in [1.54, 1.807) is 10.9 Å². The summed E-state index contributed by atoms with van der Waals surface area (Å²) < 4.78 is 7.32. The second kappa shape index (κ2) is 10.3. The molecule has 2 atom stereocenters. The van der Waals surface area contributed by atoms with Gasteiger partial charge in [-0.2, -0.15) is 0 Å². The molecule has 11 heteroatoms. The number of fused-ring (bicyclic) bond motifs is 1. The molecular weight excluding hydrogens is 494 g/mol. The van der Waals surface area contributed by atoms with Crippen LogP contribution in [0.3, 0.4) is 0 Å². The Morgan fingerprint density at radius 1 is 1.31 bits per heavy atom. The molecule has 0 unspecified atom stereocenters. The third-order valence-corrected chi connectivity index (χ3v) is 7.86. The number of likely N-dealkylation sites (N-methyl/N-ethyl adjacent to an activating group) is 1. The number of amides is 1. The number of benzene rings is 1. The molecule has 5 rings (SSSR count). The van der Waals surface area contributed by atoms with Gasteiger partial charge in [0.05, 0.1) is 24.0 Å². The number of ether oxygens (including phenoxy) is 1. The molecule has 0 saturated carbocycles. The van der Waals surface area contributed by atoms with Crippen molar-refractivity contribution in [2.45, 2.75) is 39.3 Å². The van der Waals surface area contributed by atoms with E-state index in [0.29, 0.717) is 30.2 Å². The lowest BCUT2D eigenvalue weighted by Crippen LogP contribution is -2.61. The van der Waals surface area contributed by atoms with Crippen LogP contribution in [0.2, 0.25) is 0 Å². The van der Waals surface area contributed by atoms with Gasteiger partial charge in [0, 0.05) is 61.6 Å². The van der Waals surface area contributed by atoms with Crippen molar-refractivity contribution >= 4 is 28.4 Å². The largest absolute Gasteiger partial charge is 0.475 e. The van der Waals surface area contributed by atoms with E-state index in [0.717, 1.165) is 52.9 Å². The number of carbonyl (C=O) groups is 1. The smallest absolute Gasteiger partial charge is 0.256 e. The summed E-state index contributed by atoms with van der Waals surface area (Å²) in [5.41, 5.74) is 10.2. The summed E-state index contributed by atoms with van der Waals surface area (Å²) in [6.45, 7) is 10.9. The van der Waals surface area contributed by atoms with E-state index in [4.69, 9.17) is 15.5 Å². The Hall–Kier alpha value is -3.96. The van der Waals surface area contributed by atoms with Crippen molar-refractivity contribution in [1.29, 1.82) is 0 Å². The zero-order valence-corrected chi connectivity index (χ0v) is 23.4. The van der Waals surface area contributed by atoms with Crippen LogP contribution in [0.15, 0.2) is 36.8 Å². The molecule has 0 aliphatic carbocycles. The average Bonchev–Trinajstić information content (AvgIpc) is 3.49. The summed E-state index contributed by atoms with van der Waals surface area (Å²) in [5.74, 6) is 0.559. The van der Waals surface area contributed by atoms with Gasteiger partial charge < -0.3 is 25.7 Å². The van der Waals surface area contributed by atoms with Crippen molar-refractivity contribution in [3.63, 3.8) is 0 Å². The minimum atomic E-state index is -0.972. The summed E-state index contributed by atoms with van der Waals surface area (Å²) in [5, 5.41) is 8.56. The molecule has 3 aromatic heterocycles. The lowest BCUT2D eigenvalue weighted by atomic mass is 9.86. The first-order valence-corrected chi connectivity index (χ1v) is 13.3. The van der Waals surface area contributed by atoms with Crippen molar-refractivity contribution in [2.75, 3.05) is 38.6 Å². The van der Waals surface area contributed by atoms with Gasteiger partial charge in [-0.3, -0.25) is 14.4 Å². The molecule has 1 fully saturated rings. The number of para-hydroxylation sites is 1. The number of aromatic amines is 1. The standard InChI is InChI=1S/C28H37N9O2/c1-7-39-25-22(16-36(6)34-25)32-27-31-13-17(2)23(33-27)20-14-30-24-19(20)9-8-10-21(24)28(4,26(29)38)37-12-11-35(5)18(3)15-37/h8-10,13-14,16,18,30H,7,11-12,15H2,1-6H3,(H2,29,38)(H,31,32,33)/t18-,28+/m0/s1. The van der Waals surface area contributed by atoms with E-state index < -0.39 is 5.54 Å². The SMILES string of the molecule is CCOc1nn(C)cc1Nc1ncc(C)c(-c2c[nH]c3c([C@](C)(C(N)=O)N4CCN(C)[C@@H](C)C4)cccc23)n1. The predicted molar refractivity (Wildman–Crippen MR) is 152 cm³/mol. The predicted octanol–water partition coefficient (Wildman–Crippen LogP) is 3.15. The first kappa shape index (κ1) is 26.6. The summed E-state index contributed by atoms with van der Waals surface area (Å²) in [7, 11) is 3.95. The Balaban J connectivity index is 1.55. The van der Waals surface area contributed by atoms with E-state index in [-0.39, 0.29) is 5.91 Å². The van der Waals surface area contributed by atoms with E-state index in [1.807, 2.05) is 58.4 Å². The normalized spacial score (nSPS) is 18.3. The first-order chi connectivity index (χ1) is 18.6. The quantitative estimate of drug-likeness (QED) is 0.316. The molecule has 0 radical (unpaired) electrons. The summed E-state index contributed by atoms with van der Waals surface area (Å²) in [6, 6.07) is 6.33. The number of aromatic nitrogens is 5. The van der Waals surface area contributed by atoms with Gasteiger partial charge in [0.15, 0.2) is 0 Å². The minimum absolute atomic E-state index is 0.313. The van der Waals surface area contributed by atoms with E-state index in [9.17, 15) is 4.79 Å². The number of aryl methyl sites for hydroxylation is 2. The lowest BCUT2D eigenvalue weighted by molar-refractivity contribution is -0.132.